The van der Waals surface area contributed by atoms with Crippen molar-refractivity contribution < 1.29 is 0 Å². The number of thioether (sulfide) groups is 1. The molecular weight excluding hydrogens is 227 g/mol. The van der Waals surface area contributed by atoms with Crippen molar-refractivity contribution in [3.05, 3.63) is 24.0 Å². The van der Waals surface area contributed by atoms with Gasteiger partial charge in [0.2, 0.25) is 0 Å². The van der Waals surface area contributed by atoms with Crippen LogP contribution in [0, 0.1) is 0 Å². The van der Waals surface area contributed by atoms with E-state index in [1.807, 2.05) is 24.0 Å². The van der Waals surface area contributed by atoms with Gasteiger partial charge in [-0.3, -0.25) is 4.98 Å². The number of hydrogen-bond acceptors (Lipinski definition) is 3. The molecular formula is C8H12Cl2N2S. The lowest BCUT2D eigenvalue weighted by Crippen LogP contribution is -2.12. The molecule has 0 bridgehead atoms. The average Bonchev–Trinajstić information content (AvgIpc) is 2.47. The van der Waals surface area contributed by atoms with E-state index < -0.39 is 0 Å². The van der Waals surface area contributed by atoms with E-state index >= 15 is 0 Å². The van der Waals surface area contributed by atoms with Crippen molar-refractivity contribution in [2.24, 2.45) is 5.73 Å². The van der Waals surface area contributed by atoms with Crippen LogP contribution in [0.3, 0.4) is 0 Å². The molecule has 0 unspecified atom stereocenters. The Morgan fingerprint density at radius 2 is 2.31 bits per heavy atom. The van der Waals surface area contributed by atoms with Gasteiger partial charge in [0.25, 0.3) is 0 Å². The molecule has 0 saturated heterocycles. The number of rotatable bonds is 1. The Kier molecular flexibility index (Phi) is 5.72. The van der Waals surface area contributed by atoms with Crippen LogP contribution in [0.25, 0.3) is 0 Å². The fourth-order valence-electron chi connectivity index (χ4n) is 1.28. The second-order valence-electron chi connectivity index (χ2n) is 2.63. The number of fused-ring (bicyclic) bond motifs is 1. The van der Waals surface area contributed by atoms with Gasteiger partial charge in [-0.15, -0.1) is 36.6 Å². The zero-order valence-corrected chi connectivity index (χ0v) is 9.42. The van der Waals surface area contributed by atoms with Gasteiger partial charge in [0, 0.05) is 29.3 Å². The second kappa shape index (κ2) is 5.70. The minimum atomic E-state index is 0. The van der Waals surface area contributed by atoms with Crippen molar-refractivity contribution in [2.45, 2.75) is 10.8 Å². The molecule has 2 heterocycles. The highest BCUT2D eigenvalue weighted by atomic mass is 35.5. The van der Waals surface area contributed by atoms with Crippen LogP contribution in [0.4, 0.5) is 0 Å². The van der Waals surface area contributed by atoms with Gasteiger partial charge in [-0.1, -0.05) is 0 Å². The summed E-state index contributed by atoms with van der Waals surface area (Å²) < 4.78 is 0. The molecule has 0 amide bonds. The third kappa shape index (κ3) is 2.50. The average molecular weight is 239 g/mol. The molecule has 2 nitrogen and oxygen atoms in total. The monoisotopic (exact) mass is 238 g/mol. The summed E-state index contributed by atoms with van der Waals surface area (Å²) in [4.78, 5) is 5.62. The van der Waals surface area contributed by atoms with Crippen LogP contribution in [0.5, 0.6) is 0 Å². The topological polar surface area (TPSA) is 38.9 Å². The largest absolute Gasteiger partial charge is 0.330 e. The molecule has 1 atom stereocenters. The van der Waals surface area contributed by atoms with Crippen molar-refractivity contribution >= 4 is 36.6 Å². The fraction of sp³-hybridized carbons (Fsp3) is 0.375. The highest BCUT2D eigenvalue weighted by Gasteiger charge is 2.22. The maximum absolute atomic E-state index is 5.60. The summed E-state index contributed by atoms with van der Waals surface area (Å²) >= 11 is 1.86. The first-order valence-corrected chi connectivity index (χ1v) is 4.68. The van der Waals surface area contributed by atoms with Crippen molar-refractivity contribution in [1.82, 2.24) is 4.98 Å². The second-order valence-corrected chi connectivity index (χ2v) is 3.69. The molecule has 2 rings (SSSR count). The summed E-state index contributed by atoms with van der Waals surface area (Å²) in [7, 11) is 0. The van der Waals surface area contributed by atoms with Crippen molar-refractivity contribution in [3.8, 4) is 0 Å². The van der Waals surface area contributed by atoms with E-state index in [2.05, 4.69) is 11.1 Å². The molecule has 1 aromatic heterocycles. The zero-order valence-electron chi connectivity index (χ0n) is 6.97. The van der Waals surface area contributed by atoms with Gasteiger partial charge in [-0.2, -0.15) is 0 Å². The lowest BCUT2D eigenvalue weighted by molar-refractivity contribution is 0.755. The van der Waals surface area contributed by atoms with E-state index in [-0.39, 0.29) is 24.8 Å². The van der Waals surface area contributed by atoms with E-state index in [0.29, 0.717) is 5.92 Å². The Hall–Kier alpha value is 0.0400. The fourth-order valence-corrected chi connectivity index (χ4v) is 2.50. The van der Waals surface area contributed by atoms with Crippen molar-refractivity contribution in [2.75, 3.05) is 12.3 Å². The summed E-state index contributed by atoms with van der Waals surface area (Å²) in [6.45, 7) is 0.719. The predicted molar refractivity (Wildman–Crippen MR) is 61.3 cm³/mol. The third-order valence-corrected chi connectivity index (χ3v) is 3.14. The first-order chi connectivity index (χ1) is 5.42. The minimum absolute atomic E-state index is 0. The van der Waals surface area contributed by atoms with E-state index in [9.17, 15) is 0 Å². The number of hydrogen-bond donors (Lipinski definition) is 1. The van der Waals surface area contributed by atoms with E-state index in [1.165, 1.54) is 10.6 Å². The molecule has 0 fully saturated rings. The van der Waals surface area contributed by atoms with E-state index in [1.54, 1.807) is 0 Å². The quantitative estimate of drug-likeness (QED) is 0.815. The maximum atomic E-state index is 5.60. The van der Waals surface area contributed by atoms with Gasteiger partial charge in [0.05, 0.1) is 5.69 Å². The zero-order chi connectivity index (χ0) is 7.68. The van der Waals surface area contributed by atoms with Gasteiger partial charge in [0.15, 0.2) is 0 Å². The molecule has 5 heteroatoms. The summed E-state index contributed by atoms with van der Waals surface area (Å²) in [5, 5.41) is 0. The highest BCUT2D eigenvalue weighted by molar-refractivity contribution is 7.99. The van der Waals surface area contributed by atoms with Crippen LogP contribution in [0.1, 0.15) is 11.6 Å². The number of nitrogens with zero attached hydrogens (tertiary/aromatic N) is 1. The molecule has 74 valence electrons. The Morgan fingerprint density at radius 1 is 1.54 bits per heavy atom. The maximum Gasteiger partial charge on any atom is 0.0591 e. The van der Waals surface area contributed by atoms with Crippen LogP contribution in [-0.4, -0.2) is 17.3 Å². The van der Waals surface area contributed by atoms with Crippen LogP contribution >= 0.6 is 36.6 Å². The lowest BCUT2D eigenvalue weighted by atomic mass is 10.1. The number of aromatic nitrogens is 1. The van der Waals surface area contributed by atoms with Crippen LogP contribution in [0.2, 0.25) is 0 Å². The standard InChI is InChI=1S/C8H10N2S.2ClH/c9-4-6-5-11-7-2-1-3-10-8(6)7;;/h1-3,6H,4-5,9H2;2*1H/t6-;;/m1../s1. The molecule has 1 aromatic rings. The van der Waals surface area contributed by atoms with Crippen molar-refractivity contribution in [1.29, 1.82) is 0 Å². The normalized spacial score (nSPS) is 18.4. The molecule has 13 heavy (non-hydrogen) atoms. The van der Waals surface area contributed by atoms with Gasteiger partial charge in [-0.05, 0) is 12.1 Å². The Morgan fingerprint density at radius 3 is 3.00 bits per heavy atom. The molecule has 1 aliphatic rings. The van der Waals surface area contributed by atoms with E-state index in [0.717, 1.165) is 12.3 Å². The molecule has 0 radical (unpaired) electrons. The first-order valence-electron chi connectivity index (χ1n) is 3.69. The summed E-state index contributed by atoms with van der Waals surface area (Å²) in [6.07, 6.45) is 1.84. The lowest BCUT2D eigenvalue weighted by Gasteiger charge is -2.03. The van der Waals surface area contributed by atoms with E-state index in [4.69, 9.17) is 5.73 Å². The number of pyridine rings is 1. The van der Waals surface area contributed by atoms with Gasteiger partial charge in [-0.25, -0.2) is 0 Å². The SMILES string of the molecule is Cl.Cl.NC[C@@H]1CSc2cccnc21. The van der Waals surface area contributed by atoms with Gasteiger partial charge >= 0.3 is 0 Å². The molecule has 0 aromatic carbocycles. The Balaban J connectivity index is 0.000000720. The van der Waals surface area contributed by atoms with Crippen LogP contribution < -0.4 is 5.73 Å². The molecule has 1 aliphatic heterocycles. The minimum Gasteiger partial charge on any atom is -0.330 e. The molecule has 2 N–H and O–H groups in total. The molecule has 0 aliphatic carbocycles. The first kappa shape index (κ1) is 13.0. The van der Waals surface area contributed by atoms with Crippen LogP contribution in [0.15, 0.2) is 23.2 Å². The van der Waals surface area contributed by atoms with Crippen LogP contribution in [-0.2, 0) is 0 Å². The van der Waals surface area contributed by atoms with Crippen molar-refractivity contribution in [3.63, 3.8) is 0 Å². The molecule has 0 spiro atoms. The summed E-state index contributed by atoms with van der Waals surface area (Å²) in [5.41, 5.74) is 6.79. The molecule has 0 saturated carbocycles. The Bertz CT molecular complexity index is 270. The third-order valence-electron chi connectivity index (χ3n) is 1.91. The van der Waals surface area contributed by atoms with Gasteiger partial charge in [0.1, 0.15) is 0 Å². The summed E-state index contributed by atoms with van der Waals surface area (Å²) in [5.74, 6) is 1.58. The predicted octanol–water partition coefficient (Wildman–Crippen LogP) is 2.07. The highest BCUT2D eigenvalue weighted by Crippen LogP contribution is 2.36. The number of halogens is 2. The smallest absolute Gasteiger partial charge is 0.0591 e. The van der Waals surface area contributed by atoms with Gasteiger partial charge < -0.3 is 5.73 Å². The Labute approximate surface area is 94.5 Å². The summed E-state index contributed by atoms with van der Waals surface area (Å²) in [6, 6.07) is 4.09. The number of nitrogens with two attached hydrogens (primary N) is 1.